The van der Waals surface area contributed by atoms with E-state index in [0.29, 0.717) is 19.4 Å². The summed E-state index contributed by atoms with van der Waals surface area (Å²) >= 11 is 0. The molecular weight excluding hydrogens is 418 g/mol. The second kappa shape index (κ2) is 16.1. The second-order valence-electron chi connectivity index (χ2n) is 8.98. The number of phenolic OH excluding ortho intramolecular Hbond substituents is 1. The molecule has 7 nitrogen and oxygen atoms in total. The van der Waals surface area contributed by atoms with Gasteiger partial charge in [0.2, 0.25) is 17.7 Å². The first-order valence-electron chi connectivity index (χ1n) is 12.4. The van der Waals surface area contributed by atoms with Crippen LogP contribution in [0, 0.1) is 0 Å². The average Bonchev–Trinajstić information content (AvgIpc) is 2.79. The smallest absolute Gasteiger partial charge is 0.246 e. The minimum absolute atomic E-state index is 0.127. The summed E-state index contributed by atoms with van der Waals surface area (Å²) < 4.78 is 0. The Hall–Kier alpha value is -2.57. The third kappa shape index (κ3) is 12.3. The van der Waals surface area contributed by atoms with Crippen molar-refractivity contribution < 1.29 is 19.5 Å². The van der Waals surface area contributed by atoms with Gasteiger partial charge in [0.1, 0.15) is 11.3 Å². The summed E-state index contributed by atoms with van der Waals surface area (Å²) in [7, 11) is 1.51. The Morgan fingerprint density at radius 2 is 1.45 bits per heavy atom. The first-order valence-corrected chi connectivity index (χ1v) is 12.4. The van der Waals surface area contributed by atoms with E-state index < -0.39 is 5.54 Å². The summed E-state index contributed by atoms with van der Waals surface area (Å²) in [5.41, 5.74) is -0.346. The molecule has 0 unspecified atom stereocenters. The number of benzene rings is 1. The summed E-state index contributed by atoms with van der Waals surface area (Å²) in [6.07, 6.45) is 11.3. The molecule has 0 aliphatic heterocycles. The predicted octanol–water partition coefficient (Wildman–Crippen LogP) is 3.98. The fourth-order valence-electron chi connectivity index (χ4n) is 3.74. The van der Waals surface area contributed by atoms with Gasteiger partial charge in [-0.2, -0.15) is 0 Å². The molecule has 4 N–H and O–H groups in total. The van der Waals surface area contributed by atoms with E-state index in [0.717, 1.165) is 24.8 Å². The zero-order valence-electron chi connectivity index (χ0n) is 20.7. The first-order chi connectivity index (χ1) is 15.8. The maximum Gasteiger partial charge on any atom is 0.246 e. The van der Waals surface area contributed by atoms with Crippen LogP contribution >= 0.6 is 0 Å². The Bertz CT molecular complexity index is 721. The molecule has 0 spiro atoms. The molecule has 0 saturated carbocycles. The largest absolute Gasteiger partial charge is 0.508 e. The summed E-state index contributed by atoms with van der Waals surface area (Å²) in [6, 6.07) is 6.77. The van der Waals surface area contributed by atoms with Crippen LogP contribution in [0.25, 0.3) is 0 Å². The van der Waals surface area contributed by atoms with Crippen LogP contribution in [0.4, 0.5) is 0 Å². The zero-order chi connectivity index (χ0) is 24.5. The lowest BCUT2D eigenvalue weighted by Gasteiger charge is -2.29. The molecule has 0 aliphatic rings. The number of carbonyl (C=O) groups is 3. The Morgan fingerprint density at radius 1 is 0.879 bits per heavy atom. The molecule has 3 amide bonds. The van der Waals surface area contributed by atoms with Gasteiger partial charge in [0.25, 0.3) is 0 Å². The van der Waals surface area contributed by atoms with Crippen LogP contribution in [-0.4, -0.2) is 42.0 Å². The monoisotopic (exact) mass is 461 g/mol. The number of carbonyl (C=O) groups excluding carboxylic acids is 3. The molecule has 0 saturated heterocycles. The van der Waals surface area contributed by atoms with Gasteiger partial charge in [-0.25, -0.2) is 0 Å². The molecule has 1 atom stereocenters. The van der Waals surface area contributed by atoms with Gasteiger partial charge in [0.15, 0.2) is 0 Å². The van der Waals surface area contributed by atoms with Crippen LogP contribution in [0.15, 0.2) is 24.3 Å². The normalized spacial score (nSPS) is 12.6. The van der Waals surface area contributed by atoms with E-state index in [4.69, 9.17) is 0 Å². The lowest BCUT2D eigenvalue weighted by Crippen LogP contribution is -2.58. The van der Waals surface area contributed by atoms with Crippen LogP contribution in [0.5, 0.6) is 5.75 Å². The molecular formula is C26H43N3O4. The van der Waals surface area contributed by atoms with Crippen molar-refractivity contribution in [1.29, 1.82) is 0 Å². The number of aromatic hydroxyl groups is 1. The minimum atomic E-state index is -1.31. The van der Waals surface area contributed by atoms with Crippen molar-refractivity contribution in [2.24, 2.45) is 0 Å². The fourth-order valence-corrected chi connectivity index (χ4v) is 3.74. The zero-order valence-corrected chi connectivity index (χ0v) is 20.7. The summed E-state index contributed by atoms with van der Waals surface area (Å²) in [5, 5.41) is 17.5. The van der Waals surface area contributed by atoms with E-state index >= 15 is 0 Å². The van der Waals surface area contributed by atoms with Crippen molar-refractivity contribution in [2.45, 2.75) is 96.4 Å². The predicted molar refractivity (Wildman–Crippen MR) is 132 cm³/mol. The highest BCUT2D eigenvalue weighted by molar-refractivity contribution is 5.95. The molecule has 0 fully saturated rings. The Labute approximate surface area is 199 Å². The minimum Gasteiger partial charge on any atom is -0.508 e. The Morgan fingerprint density at radius 3 is 2.03 bits per heavy atom. The van der Waals surface area contributed by atoms with Crippen LogP contribution in [0.3, 0.4) is 0 Å². The van der Waals surface area contributed by atoms with Crippen LogP contribution in [0.1, 0.15) is 90.0 Å². The summed E-state index contributed by atoms with van der Waals surface area (Å²) in [4.78, 5) is 37.4. The summed E-state index contributed by atoms with van der Waals surface area (Å²) in [5.74, 6) is -0.714. The van der Waals surface area contributed by atoms with Crippen molar-refractivity contribution in [3.05, 3.63) is 29.8 Å². The van der Waals surface area contributed by atoms with Crippen molar-refractivity contribution >= 4 is 17.7 Å². The van der Waals surface area contributed by atoms with Crippen LogP contribution in [0.2, 0.25) is 0 Å². The van der Waals surface area contributed by atoms with E-state index in [2.05, 4.69) is 22.9 Å². The number of unbranched alkanes of at least 4 members (excludes halogenated alkanes) is 8. The third-order valence-electron chi connectivity index (χ3n) is 5.85. The lowest BCUT2D eigenvalue weighted by molar-refractivity contribution is -0.136. The van der Waals surface area contributed by atoms with E-state index in [1.807, 2.05) is 0 Å². The Balaban J connectivity index is 2.45. The van der Waals surface area contributed by atoms with E-state index in [9.17, 15) is 19.5 Å². The van der Waals surface area contributed by atoms with Gasteiger partial charge < -0.3 is 21.1 Å². The molecule has 0 heterocycles. The van der Waals surface area contributed by atoms with Crippen molar-refractivity contribution in [2.75, 3.05) is 13.6 Å². The van der Waals surface area contributed by atoms with Gasteiger partial charge in [-0.3, -0.25) is 14.4 Å². The van der Waals surface area contributed by atoms with E-state index in [1.165, 1.54) is 45.6 Å². The molecule has 1 aromatic rings. The molecule has 0 radical (unpaired) electrons. The van der Waals surface area contributed by atoms with E-state index in [-0.39, 0.29) is 29.9 Å². The average molecular weight is 462 g/mol. The quantitative estimate of drug-likeness (QED) is 0.263. The standard InChI is InChI=1S/C26H43N3O4/c1-4-5-6-7-8-9-10-11-12-13-23(31)29-26(2,20-24(32)27-3)25(33)28-19-18-21-14-16-22(30)17-15-21/h14-17,30H,4-13,18-20H2,1-3H3,(H,27,32)(H,28,33)(H,29,31)/t26-/m0/s1. The number of rotatable bonds is 17. The summed E-state index contributed by atoms with van der Waals surface area (Å²) in [6.45, 7) is 4.17. The maximum atomic E-state index is 12.9. The van der Waals surface area contributed by atoms with Crippen LogP contribution < -0.4 is 16.0 Å². The fraction of sp³-hybridized carbons (Fsp3) is 0.654. The highest BCUT2D eigenvalue weighted by Crippen LogP contribution is 2.14. The van der Waals surface area contributed by atoms with Gasteiger partial charge in [0, 0.05) is 20.0 Å². The van der Waals surface area contributed by atoms with Gasteiger partial charge in [-0.1, -0.05) is 70.4 Å². The molecule has 33 heavy (non-hydrogen) atoms. The van der Waals surface area contributed by atoms with Crippen LogP contribution in [-0.2, 0) is 20.8 Å². The van der Waals surface area contributed by atoms with Gasteiger partial charge in [0.05, 0.1) is 6.42 Å². The second-order valence-corrected chi connectivity index (χ2v) is 8.98. The molecule has 1 aromatic carbocycles. The number of hydrogen-bond acceptors (Lipinski definition) is 4. The number of hydrogen-bond donors (Lipinski definition) is 4. The van der Waals surface area contributed by atoms with Crippen molar-refractivity contribution in [3.8, 4) is 5.75 Å². The Kier molecular flexibility index (Phi) is 13.9. The highest BCUT2D eigenvalue weighted by atomic mass is 16.3. The third-order valence-corrected chi connectivity index (χ3v) is 5.85. The lowest BCUT2D eigenvalue weighted by atomic mass is 9.95. The topological polar surface area (TPSA) is 108 Å². The molecule has 186 valence electrons. The molecule has 7 heteroatoms. The first kappa shape index (κ1) is 28.5. The van der Waals surface area contributed by atoms with Gasteiger partial charge in [-0.05, 0) is 37.5 Å². The number of phenols is 1. The highest BCUT2D eigenvalue weighted by Gasteiger charge is 2.36. The van der Waals surface area contributed by atoms with Crippen molar-refractivity contribution in [1.82, 2.24) is 16.0 Å². The van der Waals surface area contributed by atoms with Crippen molar-refractivity contribution in [3.63, 3.8) is 0 Å². The maximum absolute atomic E-state index is 12.9. The molecule has 0 aliphatic carbocycles. The molecule has 0 bridgehead atoms. The van der Waals surface area contributed by atoms with E-state index in [1.54, 1.807) is 31.2 Å². The number of nitrogens with one attached hydrogen (secondary N) is 3. The van der Waals surface area contributed by atoms with Gasteiger partial charge in [-0.15, -0.1) is 0 Å². The SMILES string of the molecule is CCCCCCCCCCCC(=O)N[C@@](C)(CC(=O)NC)C(=O)NCCc1ccc(O)cc1. The molecule has 0 aromatic heterocycles. The number of amides is 3. The van der Waals surface area contributed by atoms with Gasteiger partial charge >= 0.3 is 0 Å². The molecule has 1 rings (SSSR count).